The maximum absolute atomic E-state index is 13.3. The highest BCUT2D eigenvalue weighted by atomic mass is 19.4. The predicted molar refractivity (Wildman–Crippen MR) is 111 cm³/mol. The minimum absolute atomic E-state index is 0.0813. The average Bonchev–Trinajstić information content (AvgIpc) is 3.25. The summed E-state index contributed by atoms with van der Waals surface area (Å²) >= 11 is 0. The number of hydrogen-bond donors (Lipinski definition) is 2. The summed E-state index contributed by atoms with van der Waals surface area (Å²) in [5.41, 5.74) is -1.31. The van der Waals surface area contributed by atoms with E-state index < -0.39 is 41.3 Å². The summed E-state index contributed by atoms with van der Waals surface area (Å²) < 4.78 is 57.7. The maximum atomic E-state index is 13.3. The molecule has 0 aliphatic carbocycles. The molecular weight excluding hydrogens is 446 g/mol. The molecule has 1 aromatic carbocycles. The number of hydrogen-bond acceptors (Lipinski definition) is 4. The minimum Gasteiger partial charge on any atom is -0.376 e. The van der Waals surface area contributed by atoms with Gasteiger partial charge in [0.05, 0.1) is 6.10 Å². The van der Waals surface area contributed by atoms with Crippen LogP contribution in [0.1, 0.15) is 39.1 Å². The first kappa shape index (κ1) is 24.4. The van der Waals surface area contributed by atoms with E-state index in [0.717, 1.165) is 19.0 Å². The Bertz CT molecular complexity index is 1060. The molecule has 1 saturated heterocycles. The summed E-state index contributed by atoms with van der Waals surface area (Å²) in [7, 11) is 0. The van der Waals surface area contributed by atoms with Gasteiger partial charge in [-0.3, -0.25) is 14.4 Å². The van der Waals surface area contributed by atoms with Gasteiger partial charge in [-0.2, -0.15) is 13.2 Å². The number of halogens is 4. The molecule has 0 bridgehead atoms. The third-order valence-corrected chi connectivity index (χ3v) is 5.04. The number of carbonyl (C=O) groups excluding carboxylic acids is 2. The zero-order valence-electron chi connectivity index (χ0n) is 17.6. The highest BCUT2D eigenvalue weighted by Crippen LogP contribution is 2.15. The van der Waals surface area contributed by atoms with Gasteiger partial charge < -0.3 is 19.9 Å². The van der Waals surface area contributed by atoms with E-state index in [-0.39, 0.29) is 24.8 Å². The summed E-state index contributed by atoms with van der Waals surface area (Å²) in [5.74, 6) is -2.44. The molecule has 1 aliphatic heterocycles. The molecular formula is C22H23F4N3O4. The van der Waals surface area contributed by atoms with Gasteiger partial charge in [-0.15, -0.1) is 0 Å². The topological polar surface area (TPSA) is 89.4 Å². The van der Waals surface area contributed by atoms with Crippen LogP contribution >= 0.6 is 0 Å². The summed E-state index contributed by atoms with van der Waals surface area (Å²) in [6, 6.07) is 5.80. The lowest BCUT2D eigenvalue weighted by Gasteiger charge is -2.16. The number of pyridine rings is 1. The van der Waals surface area contributed by atoms with Crippen molar-refractivity contribution < 1.29 is 31.9 Å². The highest BCUT2D eigenvalue weighted by Gasteiger charge is 2.29. The SMILES string of the molecule is O=C(NCCc1cccc(F)c1)c1cn(C[C@@H]2CCCO2)cc(C(=O)NCC(F)(F)F)c1=O. The second-order valence-electron chi connectivity index (χ2n) is 7.68. The van der Waals surface area contributed by atoms with Gasteiger partial charge in [-0.25, -0.2) is 4.39 Å². The van der Waals surface area contributed by atoms with Gasteiger partial charge in [-0.05, 0) is 37.0 Å². The van der Waals surface area contributed by atoms with Crippen LogP contribution in [0.5, 0.6) is 0 Å². The quantitative estimate of drug-likeness (QED) is 0.582. The van der Waals surface area contributed by atoms with Gasteiger partial charge in [0.2, 0.25) is 5.43 Å². The largest absolute Gasteiger partial charge is 0.405 e. The number of carbonyl (C=O) groups is 2. The Labute approximate surface area is 186 Å². The second-order valence-corrected chi connectivity index (χ2v) is 7.68. The minimum atomic E-state index is -4.65. The van der Waals surface area contributed by atoms with Gasteiger partial charge in [0.15, 0.2) is 0 Å². The van der Waals surface area contributed by atoms with Crippen molar-refractivity contribution in [2.75, 3.05) is 19.7 Å². The molecule has 2 N–H and O–H groups in total. The number of alkyl halides is 3. The second kappa shape index (κ2) is 10.6. The molecule has 3 rings (SSSR count). The first-order valence-electron chi connectivity index (χ1n) is 10.4. The molecule has 2 aromatic rings. The summed E-state index contributed by atoms with van der Waals surface area (Å²) in [6.07, 6.45) is -0.630. The molecule has 11 heteroatoms. The fraction of sp³-hybridized carbons (Fsp3) is 0.409. The molecule has 1 aliphatic rings. The number of amides is 2. The Morgan fingerprint density at radius 3 is 2.42 bits per heavy atom. The van der Waals surface area contributed by atoms with Crippen molar-refractivity contribution in [3.8, 4) is 0 Å². The van der Waals surface area contributed by atoms with Crippen molar-refractivity contribution in [2.24, 2.45) is 0 Å². The van der Waals surface area contributed by atoms with Crippen molar-refractivity contribution in [3.05, 3.63) is 69.4 Å². The van der Waals surface area contributed by atoms with Crippen molar-refractivity contribution >= 4 is 11.8 Å². The zero-order chi connectivity index (χ0) is 24.0. The lowest BCUT2D eigenvalue weighted by atomic mass is 10.1. The summed E-state index contributed by atoms with van der Waals surface area (Å²) in [4.78, 5) is 37.7. The van der Waals surface area contributed by atoms with Gasteiger partial charge in [-0.1, -0.05) is 12.1 Å². The molecule has 0 spiro atoms. The van der Waals surface area contributed by atoms with E-state index in [9.17, 15) is 31.9 Å². The van der Waals surface area contributed by atoms with Crippen LogP contribution in [0.2, 0.25) is 0 Å². The lowest BCUT2D eigenvalue weighted by molar-refractivity contribution is -0.123. The Kier molecular flexibility index (Phi) is 7.85. The van der Waals surface area contributed by atoms with E-state index in [0.29, 0.717) is 18.6 Å². The van der Waals surface area contributed by atoms with Crippen LogP contribution < -0.4 is 16.1 Å². The van der Waals surface area contributed by atoms with E-state index >= 15 is 0 Å². The molecule has 0 unspecified atom stereocenters. The standard InChI is InChI=1S/C22H23F4N3O4/c23-15-4-1-3-14(9-15)6-7-27-20(31)17-11-29(10-16-5-2-8-33-16)12-18(19(17)30)21(32)28-13-22(24,25)26/h1,3-4,9,11-12,16H,2,5-8,10,13H2,(H,27,31)(H,28,32)/t16-/m0/s1. The van der Waals surface area contributed by atoms with Crippen molar-refractivity contribution in [3.63, 3.8) is 0 Å². The van der Waals surface area contributed by atoms with Crippen molar-refractivity contribution in [2.45, 2.75) is 38.1 Å². The number of nitrogens with zero attached hydrogens (tertiary/aromatic N) is 1. The van der Waals surface area contributed by atoms with Crippen molar-refractivity contribution in [1.29, 1.82) is 0 Å². The van der Waals surface area contributed by atoms with Gasteiger partial charge in [0, 0.05) is 32.1 Å². The maximum Gasteiger partial charge on any atom is 0.405 e. The summed E-state index contributed by atoms with van der Waals surface area (Å²) in [5, 5.41) is 4.19. The first-order chi connectivity index (χ1) is 15.6. The predicted octanol–water partition coefficient (Wildman–Crippen LogP) is 2.43. The smallest absolute Gasteiger partial charge is 0.376 e. The van der Waals surface area contributed by atoms with E-state index in [1.165, 1.54) is 29.0 Å². The normalized spacial score (nSPS) is 15.9. The van der Waals surface area contributed by atoms with Crippen LogP contribution in [0.4, 0.5) is 17.6 Å². The molecule has 0 saturated carbocycles. The molecule has 7 nitrogen and oxygen atoms in total. The first-order valence-corrected chi connectivity index (χ1v) is 10.4. The Morgan fingerprint density at radius 2 is 1.82 bits per heavy atom. The van der Waals surface area contributed by atoms with Crippen LogP contribution in [-0.4, -0.2) is 48.4 Å². The molecule has 1 fully saturated rings. The average molecular weight is 469 g/mol. The van der Waals surface area contributed by atoms with Crippen LogP contribution in [0.3, 0.4) is 0 Å². The molecule has 1 aromatic heterocycles. The Balaban J connectivity index is 1.79. The van der Waals surface area contributed by atoms with E-state index in [1.807, 2.05) is 0 Å². The van der Waals surface area contributed by atoms with Crippen LogP contribution in [0.15, 0.2) is 41.5 Å². The number of nitrogens with one attached hydrogen (secondary N) is 2. The van der Waals surface area contributed by atoms with Crippen LogP contribution in [0, 0.1) is 5.82 Å². The fourth-order valence-electron chi connectivity index (χ4n) is 3.47. The van der Waals surface area contributed by atoms with Crippen molar-refractivity contribution in [1.82, 2.24) is 15.2 Å². The number of rotatable bonds is 8. The fourth-order valence-corrected chi connectivity index (χ4v) is 3.47. The number of aromatic nitrogens is 1. The highest BCUT2D eigenvalue weighted by molar-refractivity contribution is 5.99. The molecule has 33 heavy (non-hydrogen) atoms. The molecule has 178 valence electrons. The van der Waals surface area contributed by atoms with Gasteiger partial charge in [0.1, 0.15) is 23.5 Å². The van der Waals surface area contributed by atoms with E-state index in [2.05, 4.69) is 5.32 Å². The molecule has 0 radical (unpaired) electrons. The van der Waals surface area contributed by atoms with Gasteiger partial charge in [0.25, 0.3) is 11.8 Å². The Morgan fingerprint density at radius 1 is 1.12 bits per heavy atom. The van der Waals surface area contributed by atoms with Crippen LogP contribution in [0.25, 0.3) is 0 Å². The number of ether oxygens (including phenoxy) is 1. The zero-order valence-corrected chi connectivity index (χ0v) is 17.6. The van der Waals surface area contributed by atoms with Gasteiger partial charge >= 0.3 is 6.18 Å². The Hall–Kier alpha value is -3.21. The molecule has 2 amide bonds. The van der Waals surface area contributed by atoms with E-state index in [1.54, 1.807) is 11.4 Å². The monoisotopic (exact) mass is 469 g/mol. The third kappa shape index (κ3) is 7.14. The number of benzene rings is 1. The molecule has 1 atom stereocenters. The van der Waals surface area contributed by atoms with Crippen LogP contribution in [-0.2, 0) is 17.7 Å². The van der Waals surface area contributed by atoms with E-state index in [4.69, 9.17) is 4.74 Å². The lowest BCUT2D eigenvalue weighted by Crippen LogP contribution is -2.39. The summed E-state index contributed by atoms with van der Waals surface area (Å²) in [6.45, 7) is -0.750. The molecule has 2 heterocycles. The third-order valence-electron chi connectivity index (χ3n) is 5.04.